The summed E-state index contributed by atoms with van der Waals surface area (Å²) in [6, 6.07) is 1.83. The molecule has 12 heavy (non-hydrogen) atoms. The summed E-state index contributed by atoms with van der Waals surface area (Å²) >= 11 is 0. The summed E-state index contributed by atoms with van der Waals surface area (Å²) in [5, 5.41) is 3.90. The first kappa shape index (κ1) is 7.65. The van der Waals surface area contributed by atoms with Crippen molar-refractivity contribution >= 4 is 5.88 Å². The number of hydrogen-bond donors (Lipinski definition) is 1. The molecule has 1 aliphatic rings. The van der Waals surface area contributed by atoms with E-state index >= 15 is 0 Å². The van der Waals surface area contributed by atoms with Gasteiger partial charge in [0.1, 0.15) is 0 Å². The van der Waals surface area contributed by atoms with Crippen molar-refractivity contribution in [1.82, 2.24) is 5.16 Å². The van der Waals surface area contributed by atoms with Gasteiger partial charge in [0.2, 0.25) is 5.88 Å². The molecule has 3 nitrogen and oxygen atoms in total. The van der Waals surface area contributed by atoms with Gasteiger partial charge in [-0.15, -0.1) is 0 Å². The van der Waals surface area contributed by atoms with Gasteiger partial charge in [0.15, 0.2) is 0 Å². The fourth-order valence-electron chi connectivity index (χ4n) is 1.98. The van der Waals surface area contributed by atoms with Crippen LogP contribution in [0.4, 0.5) is 5.88 Å². The molecule has 3 heteroatoms. The van der Waals surface area contributed by atoms with Crippen LogP contribution >= 0.6 is 0 Å². The van der Waals surface area contributed by atoms with E-state index in [1.807, 2.05) is 6.07 Å². The van der Waals surface area contributed by atoms with E-state index in [9.17, 15) is 0 Å². The minimum absolute atomic E-state index is 0.426. The number of hydrogen-bond acceptors (Lipinski definition) is 3. The molecule has 2 N–H and O–H groups in total. The Labute approximate surface area is 71.9 Å². The molecule has 1 saturated carbocycles. The van der Waals surface area contributed by atoms with Crippen LogP contribution in [0.3, 0.4) is 0 Å². The van der Waals surface area contributed by atoms with Gasteiger partial charge in [0, 0.05) is 12.0 Å². The Kier molecular flexibility index (Phi) is 1.43. The fourth-order valence-corrected chi connectivity index (χ4v) is 1.98. The number of aromatic nitrogens is 1. The topological polar surface area (TPSA) is 52.0 Å². The molecule has 0 atom stereocenters. The van der Waals surface area contributed by atoms with Crippen molar-refractivity contribution in [2.75, 3.05) is 5.73 Å². The van der Waals surface area contributed by atoms with Crippen molar-refractivity contribution in [3.05, 3.63) is 11.8 Å². The monoisotopic (exact) mass is 166 g/mol. The van der Waals surface area contributed by atoms with Crippen LogP contribution in [0.15, 0.2) is 10.6 Å². The Hall–Kier alpha value is -0.990. The Bertz CT molecular complexity index is 282. The maximum absolute atomic E-state index is 5.43. The van der Waals surface area contributed by atoms with E-state index in [1.165, 1.54) is 12.8 Å². The second kappa shape index (κ2) is 2.25. The second-order valence-electron chi connectivity index (χ2n) is 4.42. The third-order valence-corrected chi connectivity index (χ3v) is 2.56. The zero-order valence-electron chi connectivity index (χ0n) is 7.50. The first-order chi connectivity index (χ1) is 5.57. The summed E-state index contributed by atoms with van der Waals surface area (Å²) < 4.78 is 4.82. The summed E-state index contributed by atoms with van der Waals surface area (Å²) in [6.07, 6.45) is 2.39. The molecular formula is C9H14N2O. The average Bonchev–Trinajstić information content (AvgIpc) is 2.30. The standard InChI is InChI=1S/C9H14N2O/c1-9(2)4-6(5-9)7-3-8(10)12-11-7/h3,6H,4-5,10H2,1-2H3. The molecule has 0 amide bonds. The highest BCUT2D eigenvalue weighted by Crippen LogP contribution is 2.50. The molecule has 0 aliphatic heterocycles. The van der Waals surface area contributed by atoms with Crippen LogP contribution < -0.4 is 5.73 Å². The quantitative estimate of drug-likeness (QED) is 0.695. The Morgan fingerprint density at radius 3 is 2.67 bits per heavy atom. The summed E-state index contributed by atoms with van der Waals surface area (Å²) in [7, 11) is 0. The molecule has 0 aromatic carbocycles. The zero-order valence-corrected chi connectivity index (χ0v) is 7.50. The molecule has 1 aromatic rings. The van der Waals surface area contributed by atoms with Gasteiger partial charge in [0.25, 0.3) is 0 Å². The summed E-state index contributed by atoms with van der Waals surface area (Å²) in [6.45, 7) is 4.54. The van der Waals surface area contributed by atoms with Crippen LogP contribution in [-0.4, -0.2) is 5.16 Å². The van der Waals surface area contributed by atoms with E-state index in [4.69, 9.17) is 10.3 Å². The predicted octanol–water partition coefficient (Wildman–Crippen LogP) is 2.16. The van der Waals surface area contributed by atoms with Crippen LogP contribution in [0.2, 0.25) is 0 Å². The fraction of sp³-hybridized carbons (Fsp3) is 0.667. The minimum atomic E-state index is 0.426. The lowest BCUT2D eigenvalue weighted by molar-refractivity contribution is 0.146. The number of nitrogen functional groups attached to an aromatic ring is 1. The normalized spacial score (nSPS) is 22.2. The SMILES string of the molecule is CC1(C)CC(c2cc(N)on2)C1. The largest absolute Gasteiger partial charge is 0.368 e. The van der Waals surface area contributed by atoms with Crippen LogP contribution in [0.1, 0.15) is 38.3 Å². The van der Waals surface area contributed by atoms with Crippen molar-refractivity contribution in [1.29, 1.82) is 0 Å². The van der Waals surface area contributed by atoms with E-state index in [2.05, 4.69) is 19.0 Å². The van der Waals surface area contributed by atoms with Gasteiger partial charge in [0.05, 0.1) is 5.69 Å². The zero-order chi connectivity index (χ0) is 8.77. The van der Waals surface area contributed by atoms with Crippen LogP contribution in [0, 0.1) is 5.41 Å². The smallest absolute Gasteiger partial charge is 0.222 e. The highest BCUT2D eigenvalue weighted by molar-refractivity contribution is 5.27. The van der Waals surface area contributed by atoms with Crippen molar-refractivity contribution < 1.29 is 4.52 Å². The minimum Gasteiger partial charge on any atom is -0.368 e. The van der Waals surface area contributed by atoms with E-state index < -0.39 is 0 Å². The number of rotatable bonds is 1. The van der Waals surface area contributed by atoms with Gasteiger partial charge in [-0.3, -0.25) is 0 Å². The van der Waals surface area contributed by atoms with Crippen LogP contribution in [0.25, 0.3) is 0 Å². The Balaban J connectivity index is 2.06. The summed E-state index contributed by atoms with van der Waals surface area (Å²) in [5.41, 5.74) is 6.94. The molecule has 1 aromatic heterocycles. The number of nitrogens with zero attached hydrogens (tertiary/aromatic N) is 1. The average molecular weight is 166 g/mol. The van der Waals surface area contributed by atoms with Gasteiger partial charge in [-0.05, 0) is 18.3 Å². The molecule has 0 bridgehead atoms. The van der Waals surface area contributed by atoms with E-state index in [1.54, 1.807) is 0 Å². The Morgan fingerprint density at radius 1 is 1.58 bits per heavy atom. The summed E-state index contributed by atoms with van der Waals surface area (Å²) in [5.74, 6) is 0.996. The first-order valence-corrected chi connectivity index (χ1v) is 4.29. The molecule has 0 unspecified atom stereocenters. The molecule has 1 heterocycles. The van der Waals surface area contributed by atoms with Gasteiger partial charge in [-0.1, -0.05) is 19.0 Å². The van der Waals surface area contributed by atoms with E-state index in [0.29, 0.717) is 17.2 Å². The highest BCUT2D eigenvalue weighted by atomic mass is 16.5. The number of anilines is 1. The molecule has 1 fully saturated rings. The predicted molar refractivity (Wildman–Crippen MR) is 46.7 cm³/mol. The van der Waals surface area contributed by atoms with E-state index in [0.717, 1.165) is 5.69 Å². The molecule has 0 spiro atoms. The van der Waals surface area contributed by atoms with Gasteiger partial charge in [-0.25, -0.2) is 0 Å². The third-order valence-electron chi connectivity index (χ3n) is 2.56. The highest BCUT2D eigenvalue weighted by Gasteiger charge is 2.38. The lowest BCUT2D eigenvalue weighted by Crippen LogP contribution is -2.29. The molecule has 1 aliphatic carbocycles. The maximum atomic E-state index is 5.43. The molecule has 66 valence electrons. The second-order valence-corrected chi connectivity index (χ2v) is 4.42. The Morgan fingerprint density at radius 2 is 2.25 bits per heavy atom. The van der Waals surface area contributed by atoms with Crippen LogP contribution in [0.5, 0.6) is 0 Å². The molecule has 0 saturated heterocycles. The van der Waals surface area contributed by atoms with Crippen LogP contribution in [-0.2, 0) is 0 Å². The summed E-state index contributed by atoms with van der Waals surface area (Å²) in [4.78, 5) is 0. The van der Waals surface area contributed by atoms with E-state index in [-0.39, 0.29) is 0 Å². The maximum Gasteiger partial charge on any atom is 0.222 e. The molecule has 2 rings (SSSR count). The van der Waals surface area contributed by atoms with Crippen molar-refractivity contribution in [3.8, 4) is 0 Å². The van der Waals surface area contributed by atoms with Crippen molar-refractivity contribution in [2.45, 2.75) is 32.6 Å². The van der Waals surface area contributed by atoms with Crippen molar-refractivity contribution in [2.24, 2.45) is 5.41 Å². The number of nitrogens with two attached hydrogens (primary N) is 1. The lowest BCUT2D eigenvalue weighted by Gasteiger charge is -2.41. The lowest BCUT2D eigenvalue weighted by atomic mass is 9.63. The van der Waals surface area contributed by atoms with Gasteiger partial charge < -0.3 is 10.3 Å². The van der Waals surface area contributed by atoms with Gasteiger partial charge in [-0.2, -0.15) is 0 Å². The molecular weight excluding hydrogens is 152 g/mol. The van der Waals surface area contributed by atoms with Gasteiger partial charge >= 0.3 is 0 Å². The third kappa shape index (κ3) is 1.19. The van der Waals surface area contributed by atoms with Crippen molar-refractivity contribution in [3.63, 3.8) is 0 Å². The molecule has 0 radical (unpaired) electrons. The first-order valence-electron chi connectivity index (χ1n) is 4.29.